The van der Waals surface area contributed by atoms with Crippen LogP contribution in [0, 0.1) is 11.8 Å². The van der Waals surface area contributed by atoms with Crippen molar-refractivity contribution in [3.8, 4) is 0 Å². The van der Waals surface area contributed by atoms with Gasteiger partial charge in [-0.15, -0.1) is 0 Å². The predicted molar refractivity (Wildman–Crippen MR) is 89.7 cm³/mol. The summed E-state index contributed by atoms with van der Waals surface area (Å²) in [7, 11) is 0. The molecule has 21 heavy (non-hydrogen) atoms. The van der Waals surface area contributed by atoms with Gasteiger partial charge >= 0.3 is 0 Å². The van der Waals surface area contributed by atoms with Crippen LogP contribution in [0.2, 0.25) is 0 Å². The lowest BCUT2D eigenvalue weighted by Gasteiger charge is -2.28. The largest absolute Gasteiger partial charge is 0.370 e. The van der Waals surface area contributed by atoms with Gasteiger partial charge in [0.05, 0.1) is 0 Å². The fourth-order valence-electron chi connectivity index (χ4n) is 3.39. The summed E-state index contributed by atoms with van der Waals surface area (Å²) in [5, 5.41) is 3.37. The number of anilines is 1. The summed E-state index contributed by atoms with van der Waals surface area (Å²) in [5.41, 5.74) is 1.20. The van der Waals surface area contributed by atoms with Gasteiger partial charge in [0.2, 0.25) is 0 Å². The lowest BCUT2D eigenvalue weighted by atomic mass is 9.80. The predicted octanol–water partition coefficient (Wildman–Crippen LogP) is 4.79. The molecule has 1 N–H and O–H groups in total. The van der Waals surface area contributed by atoms with Crippen molar-refractivity contribution in [3.63, 3.8) is 0 Å². The van der Waals surface area contributed by atoms with Crippen LogP contribution in [0.15, 0.2) is 6.07 Å². The Hall–Kier alpha value is -1.12. The highest BCUT2D eigenvalue weighted by molar-refractivity contribution is 5.36. The first kappa shape index (κ1) is 16.3. The highest BCUT2D eigenvalue weighted by Crippen LogP contribution is 2.36. The van der Waals surface area contributed by atoms with E-state index < -0.39 is 0 Å². The van der Waals surface area contributed by atoms with Gasteiger partial charge in [0.1, 0.15) is 11.6 Å². The molecule has 2 rings (SSSR count). The standard InChI is InChI=1S/C18H31N3/c1-5-14-8-7-9-15(11-14)18-20-16(10-13(3)4)12-17(21-18)19-6-2/h12-15H,5-11H2,1-4H3,(H,19,20,21). The first-order chi connectivity index (χ1) is 10.1. The van der Waals surface area contributed by atoms with Crippen molar-refractivity contribution in [1.29, 1.82) is 0 Å². The molecule has 3 heteroatoms. The first-order valence-electron chi connectivity index (χ1n) is 8.74. The van der Waals surface area contributed by atoms with Crippen LogP contribution in [-0.2, 0) is 6.42 Å². The van der Waals surface area contributed by atoms with Crippen LogP contribution in [0.4, 0.5) is 5.82 Å². The molecule has 0 aromatic carbocycles. The summed E-state index contributed by atoms with van der Waals surface area (Å²) in [6, 6.07) is 2.13. The molecule has 1 aliphatic carbocycles. The summed E-state index contributed by atoms with van der Waals surface area (Å²) in [4.78, 5) is 9.70. The van der Waals surface area contributed by atoms with E-state index in [2.05, 4.69) is 39.1 Å². The topological polar surface area (TPSA) is 37.8 Å². The van der Waals surface area contributed by atoms with Crippen LogP contribution in [-0.4, -0.2) is 16.5 Å². The highest BCUT2D eigenvalue weighted by Gasteiger charge is 2.24. The molecule has 3 nitrogen and oxygen atoms in total. The van der Waals surface area contributed by atoms with Crippen molar-refractivity contribution in [2.75, 3.05) is 11.9 Å². The molecular formula is C18H31N3. The Kier molecular flexibility index (Phi) is 6.01. The van der Waals surface area contributed by atoms with Crippen molar-refractivity contribution >= 4 is 5.82 Å². The summed E-state index contributed by atoms with van der Waals surface area (Å²) in [6.45, 7) is 9.86. The van der Waals surface area contributed by atoms with Crippen LogP contribution in [0.1, 0.15) is 77.2 Å². The maximum Gasteiger partial charge on any atom is 0.134 e. The third kappa shape index (κ3) is 4.69. The van der Waals surface area contributed by atoms with Gasteiger partial charge in [-0.3, -0.25) is 0 Å². The van der Waals surface area contributed by atoms with Gasteiger partial charge in [-0.2, -0.15) is 0 Å². The molecular weight excluding hydrogens is 258 g/mol. The van der Waals surface area contributed by atoms with Crippen LogP contribution < -0.4 is 5.32 Å². The number of hydrogen-bond donors (Lipinski definition) is 1. The third-order valence-corrected chi connectivity index (χ3v) is 4.50. The van der Waals surface area contributed by atoms with Crippen LogP contribution in [0.5, 0.6) is 0 Å². The Labute approximate surface area is 130 Å². The van der Waals surface area contributed by atoms with E-state index in [1.165, 1.54) is 37.8 Å². The van der Waals surface area contributed by atoms with Crippen LogP contribution in [0.3, 0.4) is 0 Å². The Bertz CT molecular complexity index is 442. The van der Waals surface area contributed by atoms with E-state index in [-0.39, 0.29) is 0 Å². The highest BCUT2D eigenvalue weighted by atomic mass is 15.0. The second-order valence-corrected chi connectivity index (χ2v) is 6.87. The lowest BCUT2D eigenvalue weighted by Crippen LogP contribution is -2.17. The molecule has 0 saturated heterocycles. The Balaban J connectivity index is 2.21. The average molecular weight is 289 g/mol. The molecule has 1 aliphatic rings. The van der Waals surface area contributed by atoms with E-state index in [1.54, 1.807) is 0 Å². The molecule has 1 aromatic rings. The fourth-order valence-corrected chi connectivity index (χ4v) is 3.39. The Morgan fingerprint density at radius 1 is 1.24 bits per heavy atom. The Morgan fingerprint density at radius 2 is 2.05 bits per heavy atom. The molecule has 1 heterocycles. The number of rotatable bonds is 6. The van der Waals surface area contributed by atoms with Gasteiger partial charge in [0, 0.05) is 24.2 Å². The minimum absolute atomic E-state index is 0.563. The van der Waals surface area contributed by atoms with E-state index >= 15 is 0 Å². The molecule has 1 saturated carbocycles. The van der Waals surface area contributed by atoms with Gasteiger partial charge < -0.3 is 5.32 Å². The Morgan fingerprint density at radius 3 is 2.71 bits per heavy atom. The zero-order valence-corrected chi connectivity index (χ0v) is 14.2. The molecule has 0 spiro atoms. The van der Waals surface area contributed by atoms with Crippen LogP contribution in [0.25, 0.3) is 0 Å². The molecule has 0 amide bonds. The molecule has 2 unspecified atom stereocenters. The van der Waals surface area contributed by atoms with Gasteiger partial charge in [-0.05, 0) is 38.0 Å². The molecule has 0 bridgehead atoms. The second-order valence-electron chi connectivity index (χ2n) is 6.87. The quantitative estimate of drug-likeness (QED) is 0.818. The molecule has 0 aliphatic heterocycles. The molecule has 0 radical (unpaired) electrons. The summed E-state index contributed by atoms with van der Waals surface area (Å²) in [6.07, 6.45) is 7.58. The minimum atomic E-state index is 0.563. The van der Waals surface area contributed by atoms with Crippen LogP contribution >= 0.6 is 0 Å². The maximum atomic E-state index is 4.90. The van der Waals surface area contributed by atoms with Crippen molar-refractivity contribution < 1.29 is 0 Å². The van der Waals surface area contributed by atoms with Crippen molar-refractivity contribution in [2.24, 2.45) is 11.8 Å². The zero-order valence-electron chi connectivity index (χ0n) is 14.2. The van der Waals surface area contributed by atoms with E-state index in [9.17, 15) is 0 Å². The number of hydrogen-bond acceptors (Lipinski definition) is 3. The number of nitrogens with one attached hydrogen (secondary N) is 1. The van der Waals surface area contributed by atoms with E-state index in [4.69, 9.17) is 9.97 Å². The summed E-state index contributed by atoms with van der Waals surface area (Å²) < 4.78 is 0. The number of nitrogens with zero attached hydrogens (tertiary/aromatic N) is 2. The van der Waals surface area contributed by atoms with Gasteiger partial charge in [-0.1, -0.05) is 40.0 Å². The smallest absolute Gasteiger partial charge is 0.134 e. The summed E-state index contributed by atoms with van der Waals surface area (Å²) in [5.74, 6) is 4.16. The van der Waals surface area contributed by atoms with Crippen molar-refractivity contribution in [1.82, 2.24) is 9.97 Å². The SMILES string of the molecule is CCNc1cc(CC(C)C)nc(C2CCCC(CC)C2)n1. The first-order valence-corrected chi connectivity index (χ1v) is 8.74. The van der Waals surface area contributed by atoms with Gasteiger partial charge in [-0.25, -0.2) is 9.97 Å². The fraction of sp³-hybridized carbons (Fsp3) is 0.778. The van der Waals surface area contributed by atoms with E-state index in [1.807, 2.05) is 0 Å². The monoisotopic (exact) mass is 289 g/mol. The third-order valence-electron chi connectivity index (χ3n) is 4.50. The average Bonchev–Trinajstić information content (AvgIpc) is 2.46. The summed E-state index contributed by atoms with van der Waals surface area (Å²) >= 11 is 0. The second kappa shape index (κ2) is 7.77. The lowest BCUT2D eigenvalue weighted by molar-refractivity contribution is 0.307. The molecule has 2 atom stereocenters. The molecule has 118 valence electrons. The minimum Gasteiger partial charge on any atom is -0.370 e. The van der Waals surface area contributed by atoms with E-state index in [0.717, 1.165) is 30.5 Å². The molecule has 1 fully saturated rings. The van der Waals surface area contributed by atoms with Gasteiger partial charge in [0.15, 0.2) is 0 Å². The van der Waals surface area contributed by atoms with E-state index in [0.29, 0.717) is 11.8 Å². The maximum absolute atomic E-state index is 4.90. The van der Waals surface area contributed by atoms with Crippen molar-refractivity contribution in [3.05, 3.63) is 17.6 Å². The number of aromatic nitrogens is 2. The molecule has 1 aromatic heterocycles. The van der Waals surface area contributed by atoms with Crippen molar-refractivity contribution in [2.45, 2.75) is 72.1 Å². The van der Waals surface area contributed by atoms with Gasteiger partial charge in [0.25, 0.3) is 0 Å². The zero-order chi connectivity index (χ0) is 15.2. The normalized spacial score (nSPS) is 22.5.